The number of aromatic nitrogens is 1. The lowest BCUT2D eigenvalue weighted by Crippen LogP contribution is -2.61. The first-order chi connectivity index (χ1) is 35.6. The van der Waals surface area contributed by atoms with Gasteiger partial charge in [0.1, 0.15) is 23.9 Å². The molecule has 2 fully saturated rings. The van der Waals surface area contributed by atoms with E-state index < -0.39 is 134 Å². The number of hydrogen-bond donors (Lipinski definition) is 12. The molecule has 0 saturated carbocycles. The Kier molecular flexibility index (Phi) is 22.2. The van der Waals surface area contributed by atoms with Gasteiger partial charge in [-0.3, -0.25) is 58.2 Å². The van der Waals surface area contributed by atoms with Gasteiger partial charge >= 0.3 is 0 Å². The molecule has 1 aromatic rings. The standard InChI is InChI=1S/C49H73N11O14S/c1-6-25(2)43-46(71)53-21-39(66)54-33(24-75-48-27(4)30-15-26(3)35(17-31(30)56-48)74-14-10-8-7-9-13-59-41(68)11-12-42(59)69)45(70)55-32(18-36(50)64)49(73)60-22-29(62)16-37(60)57-44(28(5)34(63)23-61)47(72)52-19-38(65)51-20-40(67)58-43/h11-12,17,25-26,28-29,32-34,37,43-44,56-57,61-63H,6-10,13-16,18-24H2,1-5H3,(H2,50,64)(H,51,65)(H,52,72)(H,53,71)(H,54,66)(H,55,70)(H,58,67)/t25-,26?,28-,29+,32-,33-,34-,37-,43-,44-/m0/s1. The molecule has 13 N–H and O–H groups in total. The van der Waals surface area contributed by atoms with Crippen molar-refractivity contribution in [1.82, 2.24) is 52.0 Å². The molecule has 2 saturated heterocycles. The number of carbonyl (C=O) groups is 10. The number of amides is 10. The van der Waals surface area contributed by atoms with Crippen LogP contribution in [0.25, 0.3) is 6.08 Å². The van der Waals surface area contributed by atoms with Gasteiger partial charge in [-0.15, -0.1) is 11.8 Å². The number of H-pyrrole nitrogens is 1. The van der Waals surface area contributed by atoms with E-state index in [1.54, 1.807) is 13.8 Å². The molecule has 4 heterocycles. The predicted octanol–water partition coefficient (Wildman–Crippen LogP) is -2.94. The molecule has 414 valence electrons. The monoisotopic (exact) mass is 1070 g/mol. The third-order valence-corrected chi connectivity index (χ3v) is 15.0. The molecule has 10 atom stereocenters. The predicted molar refractivity (Wildman–Crippen MR) is 271 cm³/mol. The van der Waals surface area contributed by atoms with Gasteiger partial charge in [-0.2, -0.15) is 0 Å². The van der Waals surface area contributed by atoms with Crippen LogP contribution in [0.1, 0.15) is 89.5 Å². The van der Waals surface area contributed by atoms with Gasteiger partial charge in [-0.25, -0.2) is 0 Å². The molecular formula is C49H73N11O14S. The van der Waals surface area contributed by atoms with E-state index in [-0.39, 0.29) is 36.5 Å². The van der Waals surface area contributed by atoms with Gasteiger partial charge in [0.05, 0.1) is 68.7 Å². The number of hydrogen-bond acceptors (Lipinski definition) is 16. The maximum atomic E-state index is 14.4. The second-order valence-electron chi connectivity index (χ2n) is 19.5. The normalized spacial score (nSPS) is 25.9. The third kappa shape index (κ3) is 16.6. The summed E-state index contributed by atoms with van der Waals surface area (Å²) in [6.07, 6.45) is 3.89. The number of aliphatic hydroxyl groups excluding tert-OH is 3. The minimum atomic E-state index is -1.67. The lowest BCUT2D eigenvalue weighted by atomic mass is 9.91. The molecule has 1 aromatic heterocycles. The van der Waals surface area contributed by atoms with Crippen molar-refractivity contribution in [2.45, 2.75) is 134 Å². The first-order valence-corrected chi connectivity index (χ1v) is 26.4. The van der Waals surface area contributed by atoms with Gasteiger partial charge < -0.3 is 67.6 Å². The molecule has 1 aliphatic carbocycles. The number of ether oxygens (including phenoxy) is 1. The summed E-state index contributed by atoms with van der Waals surface area (Å²) in [5.74, 6) is -8.27. The number of nitrogens with two attached hydrogens (primary N) is 1. The van der Waals surface area contributed by atoms with Crippen LogP contribution in [0.15, 0.2) is 22.9 Å². The van der Waals surface area contributed by atoms with Crippen molar-refractivity contribution in [2.75, 3.05) is 51.7 Å². The SMILES string of the molecule is CC[C@H](C)[C@@H]1NC(=O)CNC(=O)CNC(=O)[C@H]([C@@H](C)[C@@H](O)CO)N[C@@H]2C[C@@H](O)CN2C(=O)[C@H](CC(N)=O)NC(=O)[C@H](CSc2[nH]c3c(c2C)CC(C)C(OCCCCCCN2C(=O)C=CC2=O)=C3)NC(=O)CNC1=O. The number of primary amides is 1. The Morgan fingerprint density at radius 3 is 2.16 bits per heavy atom. The number of aliphatic hydroxyl groups is 3. The van der Waals surface area contributed by atoms with E-state index in [4.69, 9.17) is 10.5 Å². The summed E-state index contributed by atoms with van der Waals surface area (Å²) < 4.78 is 6.21. The van der Waals surface area contributed by atoms with E-state index in [9.17, 15) is 63.3 Å². The van der Waals surface area contributed by atoms with Crippen LogP contribution in [0.3, 0.4) is 0 Å². The fourth-order valence-electron chi connectivity index (χ4n) is 9.07. The molecule has 0 bridgehead atoms. The molecule has 0 radical (unpaired) electrons. The number of thioether (sulfide) groups is 1. The van der Waals surface area contributed by atoms with Gasteiger partial charge in [0.15, 0.2) is 0 Å². The average molecular weight is 1070 g/mol. The van der Waals surface area contributed by atoms with Crippen LogP contribution < -0.4 is 43.0 Å². The van der Waals surface area contributed by atoms with E-state index >= 15 is 0 Å². The molecule has 3 aliphatic heterocycles. The van der Waals surface area contributed by atoms with Gasteiger partial charge in [0.25, 0.3) is 11.8 Å². The first kappa shape index (κ1) is 59.5. The number of fused-ring (bicyclic) bond motifs is 2. The van der Waals surface area contributed by atoms with Crippen molar-refractivity contribution in [3.05, 3.63) is 34.7 Å². The van der Waals surface area contributed by atoms with Crippen LogP contribution in [0.5, 0.6) is 0 Å². The smallest absolute Gasteiger partial charge is 0.253 e. The second kappa shape index (κ2) is 28.0. The van der Waals surface area contributed by atoms with Crippen LogP contribution in [-0.2, 0) is 59.1 Å². The van der Waals surface area contributed by atoms with Crippen molar-refractivity contribution in [3.63, 3.8) is 0 Å². The summed E-state index contributed by atoms with van der Waals surface area (Å²) in [6.45, 7) is 6.65. The van der Waals surface area contributed by atoms with Crippen molar-refractivity contribution in [1.29, 1.82) is 0 Å². The summed E-state index contributed by atoms with van der Waals surface area (Å²) in [5.41, 5.74) is 8.29. The lowest BCUT2D eigenvalue weighted by Gasteiger charge is -2.34. The molecular weight excluding hydrogens is 999 g/mol. The number of carbonyl (C=O) groups excluding carboxylic acids is 10. The lowest BCUT2D eigenvalue weighted by molar-refractivity contribution is -0.141. The van der Waals surface area contributed by atoms with Gasteiger partial charge in [-0.05, 0) is 49.3 Å². The number of unbranched alkanes of at least 4 members (excludes halogenated alkanes) is 3. The van der Waals surface area contributed by atoms with Crippen LogP contribution in [-0.4, -0.2) is 183 Å². The van der Waals surface area contributed by atoms with Crippen LogP contribution in [0, 0.1) is 24.7 Å². The highest BCUT2D eigenvalue weighted by atomic mass is 32.2. The first-order valence-electron chi connectivity index (χ1n) is 25.4. The maximum absolute atomic E-state index is 14.4. The van der Waals surface area contributed by atoms with Gasteiger partial charge in [0.2, 0.25) is 47.3 Å². The van der Waals surface area contributed by atoms with Crippen molar-refractivity contribution in [2.24, 2.45) is 23.5 Å². The van der Waals surface area contributed by atoms with E-state index in [2.05, 4.69) is 42.2 Å². The molecule has 26 heteroatoms. The second-order valence-corrected chi connectivity index (χ2v) is 20.5. The molecule has 5 rings (SSSR count). The Bertz CT molecular complexity index is 2340. The molecule has 4 aliphatic rings. The number of allylic oxidation sites excluding steroid dienone is 1. The summed E-state index contributed by atoms with van der Waals surface area (Å²) in [4.78, 5) is 138. The van der Waals surface area contributed by atoms with E-state index in [1.165, 1.54) is 35.7 Å². The average Bonchev–Trinajstić information content (AvgIpc) is 4.02. The number of nitrogens with zero attached hydrogens (tertiary/aromatic N) is 2. The quantitative estimate of drug-likeness (QED) is 0.0397. The highest BCUT2D eigenvalue weighted by molar-refractivity contribution is 7.99. The summed E-state index contributed by atoms with van der Waals surface area (Å²) in [6, 6.07) is -5.67. The molecule has 0 spiro atoms. The summed E-state index contributed by atoms with van der Waals surface area (Å²) in [5, 5.41) is 49.9. The van der Waals surface area contributed by atoms with Gasteiger partial charge in [-0.1, -0.05) is 47.0 Å². The Morgan fingerprint density at radius 1 is 0.853 bits per heavy atom. The minimum Gasteiger partial charge on any atom is -0.498 e. The van der Waals surface area contributed by atoms with E-state index in [0.717, 1.165) is 46.7 Å². The maximum Gasteiger partial charge on any atom is 0.253 e. The van der Waals surface area contributed by atoms with Crippen molar-refractivity contribution < 1.29 is 68.0 Å². The highest BCUT2D eigenvalue weighted by Gasteiger charge is 2.43. The van der Waals surface area contributed by atoms with Crippen molar-refractivity contribution >= 4 is 76.9 Å². The third-order valence-electron chi connectivity index (χ3n) is 13.8. The van der Waals surface area contributed by atoms with Crippen LogP contribution in [0.4, 0.5) is 0 Å². The highest BCUT2D eigenvalue weighted by Crippen LogP contribution is 2.36. The number of imide groups is 1. The Labute approximate surface area is 439 Å². The summed E-state index contributed by atoms with van der Waals surface area (Å²) in [7, 11) is 0. The van der Waals surface area contributed by atoms with E-state index in [1.807, 2.05) is 19.9 Å². The number of aromatic amines is 1. The summed E-state index contributed by atoms with van der Waals surface area (Å²) >= 11 is 1.18. The fraction of sp³-hybridized carbons (Fsp3) is 0.633. The topological polar surface area (TPSA) is 373 Å². The zero-order chi connectivity index (χ0) is 55.1. The molecule has 25 nitrogen and oxygen atoms in total. The molecule has 10 amide bonds. The van der Waals surface area contributed by atoms with Gasteiger partial charge in [0, 0.05) is 54.9 Å². The molecule has 75 heavy (non-hydrogen) atoms. The Balaban J connectivity index is 1.37. The zero-order valence-corrected chi connectivity index (χ0v) is 43.8. The van der Waals surface area contributed by atoms with Crippen molar-refractivity contribution in [3.8, 4) is 0 Å². The molecule has 1 unspecified atom stereocenters. The molecule has 0 aromatic carbocycles. The van der Waals surface area contributed by atoms with Crippen LogP contribution in [0.2, 0.25) is 0 Å². The zero-order valence-electron chi connectivity index (χ0n) is 43.0. The minimum absolute atomic E-state index is 0.0257. The Hall–Kier alpha value is -6.35. The fourth-order valence-corrected chi connectivity index (χ4v) is 10.2. The number of nitrogens with one attached hydrogen (secondary N) is 8. The Morgan fingerprint density at radius 2 is 1.49 bits per heavy atom. The number of rotatable bonds is 18. The van der Waals surface area contributed by atoms with E-state index in [0.29, 0.717) is 37.4 Å². The van der Waals surface area contributed by atoms with Crippen LogP contribution >= 0.6 is 11.8 Å². The largest absolute Gasteiger partial charge is 0.498 e.